The molecule has 0 saturated carbocycles. The predicted octanol–water partition coefficient (Wildman–Crippen LogP) is 3.60. The summed E-state index contributed by atoms with van der Waals surface area (Å²) in [5.41, 5.74) is 2.20. The van der Waals surface area contributed by atoms with Crippen molar-refractivity contribution in [3.63, 3.8) is 0 Å². The number of rotatable bonds is 7. The highest BCUT2D eigenvalue weighted by atomic mass is 35.5. The average Bonchev–Trinajstić information content (AvgIpc) is 3.00. The van der Waals surface area contributed by atoms with Crippen molar-refractivity contribution in [3.8, 4) is 0 Å². The molecule has 0 aromatic carbocycles. The summed E-state index contributed by atoms with van der Waals surface area (Å²) < 4.78 is 1.76. The van der Waals surface area contributed by atoms with Crippen molar-refractivity contribution in [1.29, 1.82) is 0 Å². The average molecular weight is 312 g/mol. The largest absolute Gasteiger partial charge is 0.313 e. The Morgan fingerprint density at radius 2 is 2.25 bits per heavy atom. The molecule has 2 aromatic rings. The van der Waals surface area contributed by atoms with Gasteiger partial charge < -0.3 is 5.32 Å². The lowest BCUT2D eigenvalue weighted by Gasteiger charge is -2.18. The van der Waals surface area contributed by atoms with Crippen LogP contribution >= 0.6 is 22.9 Å². The van der Waals surface area contributed by atoms with Gasteiger partial charge in [-0.2, -0.15) is 5.10 Å². The quantitative estimate of drug-likeness (QED) is 0.846. The van der Waals surface area contributed by atoms with Gasteiger partial charge in [0.15, 0.2) is 0 Å². The van der Waals surface area contributed by atoms with Gasteiger partial charge in [0.05, 0.1) is 5.69 Å². The first-order valence-electron chi connectivity index (χ1n) is 7.05. The molecular formula is C15H22ClN3S. The highest BCUT2D eigenvalue weighted by Gasteiger charge is 2.17. The summed E-state index contributed by atoms with van der Waals surface area (Å²) in [6.45, 7) is 5.26. The van der Waals surface area contributed by atoms with Crippen LogP contribution in [-0.2, 0) is 19.9 Å². The molecule has 0 spiro atoms. The van der Waals surface area contributed by atoms with Crippen molar-refractivity contribution in [1.82, 2.24) is 15.1 Å². The first-order valence-corrected chi connectivity index (χ1v) is 8.31. The molecule has 0 bridgehead atoms. The van der Waals surface area contributed by atoms with E-state index in [4.69, 9.17) is 11.6 Å². The third-order valence-electron chi connectivity index (χ3n) is 3.43. The van der Waals surface area contributed by atoms with E-state index < -0.39 is 0 Å². The van der Waals surface area contributed by atoms with E-state index in [-0.39, 0.29) is 0 Å². The Morgan fingerprint density at radius 1 is 1.45 bits per heavy atom. The molecule has 1 unspecified atom stereocenters. The zero-order valence-corrected chi connectivity index (χ0v) is 13.9. The number of thiophene rings is 1. The Balaban J connectivity index is 2.10. The summed E-state index contributed by atoms with van der Waals surface area (Å²) in [7, 11) is 1.90. The van der Waals surface area contributed by atoms with Gasteiger partial charge >= 0.3 is 0 Å². The molecule has 0 fully saturated rings. The van der Waals surface area contributed by atoms with Crippen LogP contribution in [0, 0.1) is 6.92 Å². The molecule has 1 atom stereocenters. The summed E-state index contributed by atoms with van der Waals surface area (Å²) >= 11 is 8.16. The van der Waals surface area contributed by atoms with Gasteiger partial charge in [-0.05, 0) is 44.2 Å². The van der Waals surface area contributed by atoms with E-state index in [2.05, 4.69) is 34.9 Å². The Labute approximate surface area is 130 Å². The van der Waals surface area contributed by atoms with Crippen LogP contribution in [0.5, 0.6) is 0 Å². The van der Waals surface area contributed by atoms with Crippen LogP contribution in [0.3, 0.4) is 0 Å². The molecule has 2 heterocycles. The number of hydrogen-bond acceptors (Lipinski definition) is 3. The number of hydrogen-bond donors (Lipinski definition) is 1. The lowest BCUT2D eigenvalue weighted by Crippen LogP contribution is -2.33. The number of halogens is 1. The van der Waals surface area contributed by atoms with Gasteiger partial charge in [0.25, 0.3) is 0 Å². The van der Waals surface area contributed by atoms with Gasteiger partial charge in [-0.15, -0.1) is 11.3 Å². The lowest BCUT2D eigenvalue weighted by atomic mass is 10.0. The summed E-state index contributed by atoms with van der Waals surface area (Å²) in [4.78, 5) is 1.41. The van der Waals surface area contributed by atoms with Crippen LogP contribution < -0.4 is 5.32 Å². The predicted molar refractivity (Wildman–Crippen MR) is 86.8 cm³/mol. The second-order valence-electron chi connectivity index (χ2n) is 5.12. The highest BCUT2D eigenvalue weighted by molar-refractivity contribution is 7.09. The molecule has 2 rings (SSSR count). The molecule has 5 heteroatoms. The normalized spacial score (nSPS) is 12.8. The molecule has 0 aliphatic rings. The van der Waals surface area contributed by atoms with Crippen molar-refractivity contribution in [2.24, 2.45) is 7.05 Å². The molecule has 110 valence electrons. The molecular weight excluding hydrogens is 290 g/mol. The van der Waals surface area contributed by atoms with Crippen LogP contribution in [0.2, 0.25) is 5.15 Å². The smallest absolute Gasteiger partial charge is 0.130 e. The first-order chi connectivity index (χ1) is 9.61. The van der Waals surface area contributed by atoms with Crippen LogP contribution in [-0.4, -0.2) is 22.4 Å². The topological polar surface area (TPSA) is 29.9 Å². The van der Waals surface area contributed by atoms with Gasteiger partial charge in [0.2, 0.25) is 0 Å². The molecule has 1 N–H and O–H groups in total. The molecule has 3 nitrogen and oxygen atoms in total. The Bertz CT molecular complexity index is 534. The molecule has 2 aromatic heterocycles. The zero-order valence-electron chi connectivity index (χ0n) is 12.3. The van der Waals surface area contributed by atoms with E-state index in [1.54, 1.807) is 4.68 Å². The second-order valence-corrected chi connectivity index (χ2v) is 6.51. The maximum atomic E-state index is 6.35. The second kappa shape index (κ2) is 7.25. The molecule has 0 aliphatic heterocycles. The maximum Gasteiger partial charge on any atom is 0.130 e. The Hall–Kier alpha value is -0.840. The van der Waals surface area contributed by atoms with Crippen LogP contribution in [0.15, 0.2) is 17.5 Å². The SMILES string of the molecule is CCCNC(Cc1cccs1)Cc1c(C)nn(C)c1Cl. The molecule has 20 heavy (non-hydrogen) atoms. The Morgan fingerprint density at radius 3 is 2.80 bits per heavy atom. The fraction of sp³-hybridized carbons (Fsp3) is 0.533. The molecule has 0 amide bonds. The first kappa shape index (κ1) is 15.5. The van der Waals surface area contributed by atoms with Crippen LogP contribution in [0.1, 0.15) is 29.5 Å². The van der Waals surface area contributed by atoms with Crippen molar-refractivity contribution in [3.05, 3.63) is 38.8 Å². The monoisotopic (exact) mass is 311 g/mol. The zero-order chi connectivity index (χ0) is 14.5. The third kappa shape index (κ3) is 3.84. The maximum absolute atomic E-state index is 6.35. The molecule has 0 saturated heterocycles. The van der Waals surface area contributed by atoms with Crippen molar-refractivity contribution < 1.29 is 0 Å². The van der Waals surface area contributed by atoms with E-state index in [0.717, 1.165) is 36.7 Å². The Kier molecular flexibility index (Phi) is 5.64. The van der Waals surface area contributed by atoms with Crippen LogP contribution in [0.25, 0.3) is 0 Å². The molecule has 0 radical (unpaired) electrons. The van der Waals surface area contributed by atoms with E-state index in [0.29, 0.717) is 6.04 Å². The van der Waals surface area contributed by atoms with E-state index in [1.165, 1.54) is 10.4 Å². The van der Waals surface area contributed by atoms with E-state index in [9.17, 15) is 0 Å². The number of aromatic nitrogens is 2. The third-order valence-corrected chi connectivity index (χ3v) is 4.80. The minimum Gasteiger partial charge on any atom is -0.313 e. The molecule has 0 aliphatic carbocycles. The van der Waals surface area contributed by atoms with Gasteiger partial charge in [-0.25, -0.2) is 0 Å². The summed E-state index contributed by atoms with van der Waals surface area (Å²) in [6.07, 6.45) is 3.11. The van der Waals surface area contributed by atoms with Gasteiger partial charge in [-0.3, -0.25) is 4.68 Å². The summed E-state index contributed by atoms with van der Waals surface area (Å²) in [6, 6.07) is 4.72. The number of nitrogens with zero attached hydrogens (tertiary/aromatic N) is 2. The lowest BCUT2D eigenvalue weighted by molar-refractivity contribution is 0.506. The summed E-state index contributed by atoms with van der Waals surface area (Å²) in [5.74, 6) is 0. The minimum atomic E-state index is 0.411. The fourth-order valence-corrected chi connectivity index (χ4v) is 3.43. The van der Waals surface area contributed by atoms with Gasteiger partial charge in [0, 0.05) is 23.5 Å². The van der Waals surface area contributed by atoms with Crippen molar-refractivity contribution in [2.75, 3.05) is 6.54 Å². The van der Waals surface area contributed by atoms with Gasteiger partial charge in [-0.1, -0.05) is 24.6 Å². The van der Waals surface area contributed by atoms with E-state index in [1.807, 2.05) is 25.3 Å². The number of nitrogens with one attached hydrogen (secondary N) is 1. The van der Waals surface area contributed by atoms with Gasteiger partial charge in [0.1, 0.15) is 5.15 Å². The fourth-order valence-electron chi connectivity index (χ4n) is 2.39. The van der Waals surface area contributed by atoms with Crippen LogP contribution in [0.4, 0.5) is 0 Å². The summed E-state index contributed by atoms with van der Waals surface area (Å²) in [5, 5.41) is 10.9. The standard InChI is InChI=1S/C15H22ClN3S/c1-4-7-17-12(9-13-6-5-8-20-13)10-14-11(2)18-19(3)15(14)16/h5-6,8,12,17H,4,7,9-10H2,1-3H3. The number of aryl methyl sites for hydroxylation is 2. The highest BCUT2D eigenvalue weighted by Crippen LogP contribution is 2.22. The van der Waals surface area contributed by atoms with E-state index >= 15 is 0 Å². The minimum absolute atomic E-state index is 0.411. The van der Waals surface area contributed by atoms with Crippen molar-refractivity contribution in [2.45, 2.75) is 39.2 Å². The van der Waals surface area contributed by atoms with Crippen molar-refractivity contribution >= 4 is 22.9 Å².